The van der Waals surface area contributed by atoms with E-state index in [0.29, 0.717) is 29.9 Å². The summed E-state index contributed by atoms with van der Waals surface area (Å²) in [7, 11) is 1.27. The average Bonchev–Trinajstić information content (AvgIpc) is 3.31. The van der Waals surface area contributed by atoms with Crippen LogP contribution in [-0.4, -0.2) is 56.9 Å². The normalized spacial score (nSPS) is 18.4. The van der Waals surface area contributed by atoms with Crippen molar-refractivity contribution in [3.8, 4) is 5.69 Å². The van der Waals surface area contributed by atoms with Crippen LogP contribution in [0.5, 0.6) is 0 Å². The van der Waals surface area contributed by atoms with Crippen molar-refractivity contribution < 1.29 is 23.9 Å². The van der Waals surface area contributed by atoms with Gasteiger partial charge in [-0.1, -0.05) is 11.3 Å². The lowest BCUT2D eigenvalue weighted by molar-refractivity contribution is -0.136. The largest absolute Gasteiger partial charge is 0.453 e. The van der Waals surface area contributed by atoms with Crippen LogP contribution >= 0.6 is 0 Å². The van der Waals surface area contributed by atoms with Gasteiger partial charge < -0.3 is 15.0 Å². The maximum Gasteiger partial charge on any atom is 0.407 e. The molecule has 0 bridgehead atoms. The van der Waals surface area contributed by atoms with Crippen molar-refractivity contribution in [1.29, 1.82) is 0 Å². The van der Waals surface area contributed by atoms with E-state index in [4.69, 9.17) is 0 Å². The third kappa shape index (κ3) is 3.53. The highest BCUT2D eigenvalue weighted by Crippen LogP contribution is 2.28. The van der Waals surface area contributed by atoms with Crippen molar-refractivity contribution in [1.82, 2.24) is 30.5 Å². The molecule has 0 saturated carbocycles. The number of alkyl carbamates (subject to hydrolysis) is 1. The number of piperidine rings is 1. The Hall–Kier alpha value is -3.76. The van der Waals surface area contributed by atoms with E-state index in [-0.39, 0.29) is 24.8 Å². The second kappa shape index (κ2) is 7.34. The molecule has 1 unspecified atom stereocenters. The maximum absolute atomic E-state index is 12.9. The van der Waals surface area contributed by atoms with Crippen LogP contribution in [0.25, 0.3) is 5.69 Å². The molecule has 1 fully saturated rings. The number of nitrogens with zero attached hydrogens (tertiary/aromatic N) is 4. The highest BCUT2D eigenvalue weighted by molar-refractivity contribution is 6.05. The molecule has 1 atom stereocenters. The summed E-state index contributed by atoms with van der Waals surface area (Å²) in [4.78, 5) is 49.0. The zero-order valence-corrected chi connectivity index (χ0v) is 15.5. The zero-order chi connectivity index (χ0) is 20.5. The lowest BCUT2D eigenvalue weighted by Gasteiger charge is -2.29. The predicted octanol–water partition coefficient (Wildman–Crippen LogP) is -0.116. The van der Waals surface area contributed by atoms with Crippen molar-refractivity contribution in [3.63, 3.8) is 0 Å². The van der Waals surface area contributed by atoms with Gasteiger partial charge in [-0.05, 0) is 24.1 Å². The smallest absolute Gasteiger partial charge is 0.407 e. The van der Waals surface area contributed by atoms with Crippen LogP contribution in [0.1, 0.15) is 34.5 Å². The number of amides is 4. The minimum Gasteiger partial charge on any atom is -0.453 e. The van der Waals surface area contributed by atoms with E-state index in [0.717, 1.165) is 5.56 Å². The molecular weight excluding hydrogens is 380 g/mol. The summed E-state index contributed by atoms with van der Waals surface area (Å²) in [6, 6.07) is 4.64. The summed E-state index contributed by atoms with van der Waals surface area (Å²) in [5.74, 6) is -1.02. The molecule has 2 aromatic rings. The van der Waals surface area contributed by atoms with E-state index in [1.54, 1.807) is 18.3 Å². The second-order valence-corrected chi connectivity index (χ2v) is 6.74. The molecule has 0 spiro atoms. The van der Waals surface area contributed by atoms with Gasteiger partial charge in [-0.2, -0.15) is 0 Å². The summed E-state index contributed by atoms with van der Waals surface area (Å²) in [5.41, 5.74) is 2.43. The van der Waals surface area contributed by atoms with E-state index in [2.05, 4.69) is 25.7 Å². The monoisotopic (exact) mass is 398 g/mol. The first-order valence-corrected chi connectivity index (χ1v) is 8.97. The zero-order valence-electron chi connectivity index (χ0n) is 15.5. The van der Waals surface area contributed by atoms with E-state index >= 15 is 0 Å². The lowest BCUT2D eigenvalue weighted by atomic mass is 10.0. The summed E-state index contributed by atoms with van der Waals surface area (Å²) in [6.07, 6.45) is 1.59. The number of rotatable bonds is 4. The molecule has 11 heteroatoms. The van der Waals surface area contributed by atoms with Gasteiger partial charge in [0.2, 0.25) is 11.8 Å². The van der Waals surface area contributed by atoms with E-state index < -0.39 is 18.0 Å². The van der Waals surface area contributed by atoms with Gasteiger partial charge in [-0.15, -0.1) is 5.10 Å². The van der Waals surface area contributed by atoms with Crippen LogP contribution in [0.3, 0.4) is 0 Å². The van der Waals surface area contributed by atoms with Crippen molar-refractivity contribution in [2.45, 2.75) is 32.0 Å². The van der Waals surface area contributed by atoms with Gasteiger partial charge in [0.05, 0.1) is 25.5 Å². The fraction of sp³-hybridized carbons (Fsp3) is 0.333. The first-order valence-electron chi connectivity index (χ1n) is 8.97. The molecule has 2 N–H and O–H groups in total. The fourth-order valence-electron chi connectivity index (χ4n) is 3.43. The lowest BCUT2D eigenvalue weighted by Crippen LogP contribution is -2.52. The van der Waals surface area contributed by atoms with Gasteiger partial charge in [0.15, 0.2) is 0 Å². The van der Waals surface area contributed by atoms with Gasteiger partial charge in [0.1, 0.15) is 11.7 Å². The Labute approximate surface area is 165 Å². The number of benzene rings is 1. The minimum absolute atomic E-state index is 0.153. The van der Waals surface area contributed by atoms with Crippen molar-refractivity contribution in [3.05, 3.63) is 41.2 Å². The molecule has 2 aliphatic heterocycles. The van der Waals surface area contributed by atoms with Crippen LogP contribution < -0.4 is 10.6 Å². The Bertz CT molecular complexity index is 1020. The first kappa shape index (κ1) is 18.6. The summed E-state index contributed by atoms with van der Waals surface area (Å²) in [6.45, 7) is 0.464. The molecule has 2 aliphatic rings. The number of carbonyl (C=O) groups is 4. The van der Waals surface area contributed by atoms with Crippen LogP contribution in [-0.2, 0) is 27.4 Å². The molecular formula is C18H18N6O5. The second-order valence-electron chi connectivity index (χ2n) is 6.74. The molecule has 0 aliphatic carbocycles. The van der Waals surface area contributed by atoms with Crippen LogP contribution in [0.15, 0.2) is 24.4 Å². The maximum atomic E-state index is 12.9. The molecule has 1 aromatic heterocycles. The molecule has 150 valence electrons. The average molecular weight is 398 g/mol. The van der Waals surface area contributed by atoms with Gasteiger partial charge in [0.25, 0.3) is 5.91 Å². The van der Waals surface area contributed by atoms with Crippen LogP contribution in [0.4, 0.5) is 4.79 Å². The van der Waals surface area contributed by atoms with E-state index in [1.807, 2.05) is 6.07 Å². The number of imide groups is 1. The Morgan fingerprint density at radius 1 is 1.34 bits per heavy atom. The number of carbonyl (C=O) groups excluding carboxylic acids is 4. The Kier molecular flexibility index (Phi) is 4.71. The number of nitrogens with one attached hydrogen (secondary N) is 2. The Morgan fingerprint density at radius 2 is 2.17 bits per heavy atom. The fourth-order valence-corrected chi connectivity index (χ4v) is 3.43. The van der Waals surface area contributed by atoms with Crippen LogP contribution in [0, 0.1) is 0 Å². The van der Waals surface area contributed by atoms with E-state index in [1.165, 1.54) is 16.7 Å². The molecule has 4 amide bonds. The molecule has 29 heavy (non-hydrogen) atoms. The van der Waals surface area contributed by atoms with Gasteiger partial charge >= 0.3 is 6.09 Å². The summed E-state index contributed by atoms with van der Waals surface area (Å²) < 4.78 is 6.00. The third-order valence-electron chi connectivity index (χ3n) is 4.92. The number of methoxy groups -OCH3 is 1. The van der Waals surface area contributed by atoms with Crippen molar-refractivity contribution in [2.24, 2.45) is 0 Å². The number of ether oxygens (including phenoxy) is 1. The molecule has 1 aromatic carbocycles. The van der Waals surface area contributed by atoms with Crippen molar-refractivity contribution in [2.75, 3.05) is 7.11 Å². The highest BCUT2D eigenvalue weighted by Gasteiger charge is 2.39. The number of fused-ring (bicyclic) bond motifs is 1. The first-order chi connectivity index (χ1) is 14.0. The number of hydrogen-bond acceptors (Lipinski definition) is 7. The molecule has 0 radical (unpaired) electrons. The highest BCUT2D eigenvalue weighted by atomic mass is 16.5. The van der Waals surface area contributed by atoms with Crippen LogP contribution in [0.2, 0.25) is 0 Å². The number of aromatic nitrogens is 3. The standard InChI is InChI=1S/C18H18N6O5/c1-29-18(28)19-7-11-9-24(22-21-11)12-3-2-10-8-23(17(27)13(10)6-12)14-4-5-15(25)20-16(14)26/h2-3,6,9,14H,4-5,7-8H2,1H3,(H,19,28)(H,20,25,26). The number of hydrogen-bond donors (Lipinski definition) is 2. The van der Waals surface area contributed by atoms with Crippen molar-refractivity contribution >= 4 is 23.8 Å². The third-order valence-corrected chi connectivity index (χ3v) is 4.92. The molecule has 4 rings (SSSR count). The quantitative estimate of drug-likeness (QED) is 0.686. The molecule has 3 heterocycles. The van der Waals surface area contributed by atoms with Gasteiger partial charge in [-0.3, -0.25) is 19.7 Å². The minimum atomic E-state index is -0.654. The summed E-state index contributed by atoms with van der Waals surface area (Å²) in [5, 5.41) is 12.8. The Balaban J connectivity index is 1.51. The summed E-state index contributed by atoms with van der Waals surface area (Å²) >= 11 is 0. The Morgan fingerprint density at radius 3 is 2.93 bits per heavy atom. The van der Waals surface area contributed by atoms with Gasteiger partial charge in [0, 0.05) is 18.5 Å². The molecule has 11 nitrogen and oxygen atoms in total. The van der Waals surface area contributed by atoms with E-state index in [9.17, 15) is 19.2 Å². The molecule has 1 saturated heterocycles. The van der Waals surface area contributed by atoms with Gasteiger partial charge in [-0.25, -0.2) is 9.48 Å². The SMILES string of the molecule is COC(=O)NCc1cn(-c2ccc3c(c2)C(=O)N(C2CCC(=O)NC2=O)C3)nn1. The predicted molar refractivity (Wildman–Crippen MR) is 96.6 cm³/mol. The topological polar surface area (TPSA) is 136 Å².